The van der Waals surface area contributed by atoms with Crippen molar-refractivity contribution in [1.29, 1.82) is 0 Å². The Labute approximate surface area is 142 Å². The van der Waals surface area contributed by atoms with Crippen LogP contribution in [0.15, 0.2) is 38.3 Å². The normalized spacial score (nSPS) is 17.1. The Balaban J connectivity index is 1.93. The lowest BCUT2D eigenvalue weighted by Crippen LogP contribution is -2.36. The van der Waals surface area contributed by atoms with Crippen molar-refractivity contribution < 1.29 is 0 Å². The summed E-state index contributed by atoms with van der Waals surface area (Å²) in [5.74, 6) is 0.484. The average Bonchev–Trinajstić information content (AvgIpc) is 2.46. The van der Waals surface area contributed by atoms with E-state index in [1.165, 1.54) is 21.8 Å². The van der Waals surface area contributed by atoms with E-state index in [1.54, 1.807) is 0 Å². The number of rotatable bonds is 3. The summed E-state index contributed by atoms with van der Waals surface area (Å²) in [6.45, 7) is 3.64. The van der Waals surface area contributed by atoms with Crippen molar-refractivity contribution in [3.05, 3.63) is 60.7 Å². The molecule has 2 aromatic rings. The van der Waals surface area contributed by atoms with Gasteiger partial charge in [0.25, 0.3) is 5.56 Å². The van der Waals surface area contributed by atoms with Crippen molar-refractivity contribution in [2.75, 3.05) is 5.32 Å². The summed E-state index contributed by atoms with van der Waals surface area (Å²) in [7, 11) is 0. The first-order valence-corrected chi connectivity index (χ1v) is 8.65. The van der Waals surface area contributed by atoms with Gasteiger partial charge in [0.1, 0.15) is 5.82 Å². The highest BCUT2D eigenvalue weighted by Crippen LogP contribution is 2.33. The van der Waals surface area contributed by atoms with Crippen LogP contribution in [0.2, 0.25) is 0 Å². The first-order valence-electron chi connectivity index (χ1n) is 7.86. The van der Waals surface area contributed by atoms with Gasteiger partial charge in [-0.1, -0.05) is 22.0 Å². The van der Waals surface area contributed by atoms with E-state index in [0.29, 0.717) is 5.82 Å². The Morgan fingerprint density at radius 1 is 1.30 bits per heavy atom. The van der Waals surface area contributed by atoms with Crippen LogP contribution in [-0.2, 0) is 6.42 Å². The van der Waals surface area contributed by atoms with E-state index in [4.69, 9.17) is 0 Å². The van der Waals surface area contributed by atoms with E-state index < -0.39 is 0 Å². The number of nitrogens with zero attached hydrogens (tertiary/aromatic N) is 1. The summed E-state index contributed by atoms with van der Waals surface area (Å²) in [4.78, 5) is 27.0. The molecule has 1 aromatic carbocycles. The highest BCUT2D eigenvalue weighted by molar-refractivity contribution is 9.10. The lowest BCUT2D eigenvalue weighted by atomic mass is 9.88. The molecule has 0 unspecified atom stereocenters. The highest BCUT2D eigenvalue weighted by atomic mass is 79.9. The molecule has 23 heavy (non-hydrogen) atoms. The number of aromatic amines is 1. The third kappa shape index (κ3) is 3.27. The molecule has 5 nitrogen and oxygen atoms in total. The molecule has 6 heteroatoms. The number of fused-ring (bicyclic) bond motifs is 1. The first-order chi connectivity index (χ1) is 11.0. The molecule has 0 saturated carbocycles. The molecule has 1 heterocycles. The molecule has 3 rings (SSSR count). The molecule has 0 spiro atoms. The average molecular weight is 378 g/mol. The molecular weight excluding hydrogens is 358 g/mol. The second kappa shape index (κ2) is 6.35. The molecule has 2 N–H and O–H groups in total. The van der Waals surface area contributed by atoms with Crippen LogP contribution in [0, 0.1) is 0 Å². The summed E-state index contributed by atoms with van der Waals surface area (Å²) < 4.78 is 2.29. The van der Waals surface area contributed by atoms with Crippen LogP contribution in [0.1, 0.15) is 49.9 Å². The van der Waals surface area contributed by atoms with Crippen molar-refractivity contribution in [3.8, 4) is 0 Å². The maximum atomic E-state index is 12.1. The third-order valence-corrected chi connectivity index (χ3v) is 4.72. The number of aromatic nitrogens is 2. The monoisotopic (exact) mass is 377 g/mol. The zero-order valence-corrected chi connectivity index (χ0v) is 14.8. The first kappa shape index (κ1) is 16.1. The molecule has 0 bridgehead atoms. The van der Waals surface area contributed by atoms with E-state index >= 15 is 0 Å². The quantitative estimate of drug-likeness (QED) is 0.861. The Hall–Kier alpha value is -1.82. The van der Waals surface area contributed by atoms with E-state index in [0.717, 1.165) is 23.7 Å². The minimum atomic E-state index is -0.373. The minimum absolute atomic E-state index is 0.108. The molecule has 0 aliphatic heterocycles. The lowest BCUT2D eigenvalue weighted by Gasteiger charge is -2.27. The molecule has 1 atom stereocenters. The van der Waals surface area contributed by atoms with Gasteiger partial charge in [0, 0.05) is 16.6 Å². The van der Waals surface area contributed by atoms with Gasteiger partial charge >= 0.3 is 5.69 Å². The molecule has 0 radical (unpaired) electrons. The van der Waals surface area contributed by atoms with Gasteiger partial charge in [-0.2, -0.15) is 0 Å². The number of anilines is 1. The molecular formula is C17H20BrN3O2. The molecule has 122 valence electrons. The van der Waals surface area contributed by atoms with Crippen molar-refractivity contribution in [1.82, 2.24) is 9.55 Å². The molecule has 0 fully saturated rings. The summed E-state index contributed by atoms with van der Waals surface area (Å²) >= 11 is 3.51. The van der Waals surface area contributed by atoms with Crippen LogP contribution in [0.3, 0.4) is 0 Å². The fourth-order valence-electron chi connectivity index (χ4n) is 3.19. The second-order valence-electron chi connectivity index (χ2n) is 6.22. The Morgan fingerprint density at radius 3 is 2.78 bits per heavy atom. The Bertz CT molecular complexity index is 807. The number of benzene rings is 1. The summed E-state index contributed by atoms with van der Waals surface area (Å²) in [5.41, 5.74) is 1.88. The minimum Gasteiger partial charge on any atom is -0.365 e. The van der Waals surface area contributed by atoms with Gasteiger partial charge in [0.2, 0.25) is 0 Å². The molecule has 1 aliphatic rings. The Morgan fingerprint density at radius 2 is 2.09 bits per heavy atom. The molecule has 0 saturated heterocycles. The predicted molar refractivity (Wildman–Crippen MR) is 95.2 cm³/mol. The van der Waals surface area contributed by atoms with E-state index in [-0.39, 0.29) is 23.3 Å². The summed E-state index contributed by atoms with van der Waals surface area (Å²) in [6.07, 6.45) is 3.11. The predicted octanol–water partition coefficient (Wildman–Crippen LogP) is 3.37. The van der Waals surface area contributed by atoms with Gasteiger partial charge in [0.15, 0.2) is 0 Å². The number of nitrogens with one attached hydrogen (secondary N) is 2. The second-order valence-corrected chi connectivity index (χ2v) is 7.14. The van der Waals surface area contributed by atoms with Gasteiger partial charge in [-0.15, -0.1) is 0 Å². The van der Waals surface area contributed by atoms with Gasteiger partial charge in [0.05, 0.1) is 6.04 Å². The SMILES string of the molecule is CC(C)n1c(=O)cc(N[C@H]2CCCc3cc(Br)ccc32)[nH]c1=O. The zero-order valence-electron chi connectivity index (χ0n) is 13.2. The number of aryl methyl sites for hydroxylation is 1. The van der Waals surface area contributed by atoms with Crippen molar-refractivity contribution in [2.24, 2.45) is 0 Å². The topological polar surface area (TPSA) is 66.9 Å². The number of hydrogen-bond acceptors (Lipinski definition) is 3. The number of H-pyrrole nitrogens is 1. The van der Waals surface area contributed by atoms with Crippen molar-refractivity contribution in [3.63, 3.8) is 0 Å². The van der Waals surface area contributed by atoms with Crippen LogP contribution in [-0.4, -0.2) is 9.55 Å². The van der Waals surface area contributed by atoms with Crippen LogP contribution in [0.4, 0.5) is 5.82 Å². The van der Waals surface area contributed by atoms with Crippen LogP contribution in [0.25, 0.3) is 0 Å². The zero-order chi connectivity index (χ0) is 16.6. The van der Waals surface area contributed by atoms with E-state index in [2.05, 4.69) is 38.4 Å². The molecule has 1 aromatic heterocycles. The Kier molecular flexibility index (Phi) is 4.43. The third-order valence-electron chi connectivity index (χ3n) is 4.23. The van der Waals surface area contributed by atoms with Gasteiger partial charge in [-0.05, 0) is 56.4 Å². The standard InChI is InChI=1S/C17H20BrN3O2/c1-10(2)21-16(22)9-15(20-17(21)23)19-14-5-3-4-11-8-12(18)6-7-13(11)14/h6-10,14,19H,3-5H2,1-2H3,(H,20,23)/t14-/m0/s1. The van der Waals surface area contributed by atoms with Crippen LogP contribution in [0.5, 0.6) is 0 Å². The lowest BCUT2D eigenvalue weighted by molar-refractivity contribution is 0.544. The van der Waals surface area contributed by atoms with Crippen LogP contribution >= 0.6 is 15.9 Å². The maximum Gasteiger partial charge on any atom is 0.330 e. The van der Waals surface area contributed by atoms with Gasteiger partial charge in [-0.25, -0.2) is 4.79 Å². The van der Waals surface area contributed by atoms with Gasteiger partial charge in [-0.3, -0.25) is 14.3 Å². The fourth-order valence-corrected chi connectivity index (χ4v) is 3.60. The molecule has 1 aliphatic carbocycles. The van der Waals surface area contributed by atoms with E-state index in [9.17, 15) is 9.59 Å². The van der Waals surface area contributed by atoms with Crippen LogP contribution < -0.4 is 16.6 Å². The maximum absolute atomic E-state index is 12.1. The van der Waals surface area contributed by atoms with E-state index in [1.807, 2.05) is 19.9 Å². The van der Waals surface area contributed by atoms with Crippen molar-refractivity contribution in [2.45, 2.75) is 45.2 Å². The number of hydrogen-bond donors (Lipinski definition) is 2. The summed E-state index contributed by atoms with van der Waals surface area (Å²) in [6, 6.07) is 7.68. The summed E-state index contributed by atoms with van der Waals surface area (Å²) in [5, 5.41) is 3.32. The van der Waals surface area contributed by atoms with Crippen molar-refractivity contribution >= 4 is 21.7 Å². The largest absolute Gasteiger partial charge is 0.365 e. The fraction of sp³-hybridized carbons (Fsp3) is 0.412. The highest BCUT2D eigenvalue weighted by Gasteiger charge is 2.21. The number of halogens is 1. The molecule has 0 amide bonds. The smallest absolute Gasteiger partial charge is 0.330 e. The van der Waals surface area contributed by atoms with Gasteiger partial charge < -0.3 is 5.32 Å².